The van der Waals surface area contributed by atoms with Crippen molar-refractivity contribution in [1.82, 2.24) is 4.98 Å². The lowest BCUT2D eigenvalue weighted by atomic mass is 10.1. The Bertz CT molecular complexity index is 718. The van der Waals surface area contributed by atoms with Crippen LogP contribution in [0.15, 0.2) is 36.7 Å². The molecule has 1 aromatic carbocycles. The van der Waals surface area contributed by atoms with Gasteiger partial charge in [0, 0.05) is 18.9 Å². The Labute approximate surface area is 119 Å². The van der Waals surface area contributed by atoms with Crippen LogP contribution in [0.4, 0.5) is 15.8 Å². The lowest BCUT2D eigenvalue weighted by Gasteiger charge is -2.19. The maximum atomic E-state index is 13.1. The zero-order valence-corrected chi connectivity index (χ0v) is 11.1. The van der Waals surface area contributed by atoms with E-state index in [1.54, 1.807) is 0 Å². The molecule has 0 radical (unpaired) electrons. The molecule has 0 saturated carbocycles. The zero-order valence-electron chi connectivity index (χ0n) is 11.1. The second-order valence-corrected chi connectivity index (χ2v) is 4.34. The highest BCUT2D eigenvalue weighted by molar-refractivity contribution is 6.09. The lowest BCUT2D eigenvalue weighted by Crippen LogP contribution is -2.28. The number of carbonyl (C=O) groups is 2. The van der Waals surface area contributed by atoms with Gasteiger partial charge in [-0.05, 0) is 24.3 Å². The number of carboxylic acid groups (broad SMARTS) is 1. The van der Waals surface area contributed by atoms with Gasteiger partial charge in [0.25, 0.3) is 5.91 Å². The van der Waals surface area contributed by atoms with Gasteiger partial charge in [-0.1, -0.05) is 0 Å². The van der Waals surface area contributed by atoms with E-state index in [1.807, 2.05) is 0 Å². The fraction of sp³-hybridized carbons (Fsp3) is 0.0714. The van der Waals surface area contributed by atoms with Crippen molar-refractivity contribution in [2.45, 2.75) is 0 Å². The molecule has 2 rings (SSSR count). The van der Waals surface area contributed by atoms with Gasteiger partial charge in [-0.3, -0.25) is 9.78 Å². The fourth-order valence-corrected chi connectivity index (χ4v) is 1.85. The normalized spacial score (nSPS) is 10.2. The molecule has 6 nitrogen and oxygen atoms in total. The fourth-order valence-electron chi connectivity index (χ4n) is 1.85. The summed E-state index contributed by atoms with van der Waals surface area (Å²) in [5.41, 5.74) is 5.88. The van der Waals surface area contributed by atoms with E-state index in [0.717, 1.165) is 17.2 Å². The Balaban J connectivity index is 2.42. The molecule has 0 fully saturated rings. The average Bonchev–Trinajstić information content (AvgIpc) is 2.45. The number of benzene rings is 1. The summed E-state index contributed by atoms with van der Waals surface area (Å²) in [6, 6.07) is 5.19. The van der Waals surface area contributed by atoms with E-state index in [-0.39, 0.29) is 22.5 Å². The third-order valence-electron chi connectivity index (χ3n) is 2.87. The third kappa shape index (κ3) is 2.97. The molecule has 0 aliphatic heterocycles. The molecule has 1 aromatic heterocycles. The zero-order chi connectivity index (χ0) is 15.6. The number of aromatic carboxylic acids is 1. The van der Waals surface area contributed by atoms with Crippen molar-refractivity contribution in [3.63, 3.8) is 0 Å². The van der Waals surface area contributed by atoms with Crippen LogP contribution in [-0.2, 0) is 0 Å². The summed E-state index contributed by atoms with van der Waals surface area (Å²) in [5.74, 6) is -2.44. The first-order chi connectivity index (χ1) is 9.90. The van der Waals surface area contributed by atoms with Crippen LogP contribution in [-0.4, -0.2) is 29.0 Å². The number of nitrogen functional groups attached to an aromatic ring is 1. The van der Waals surface area contributed by atoms with Gasteiger partial charge in [-0.2, -0.15) is 0 Å². The second-order valence-electron chi connectivity index (χ2n) is 4.34. The van der Waals surface area contributed by atoms with Crippen LogP contribution in [0.1, 0.15) is 20.7 Å². The lowest BCUT2D eigenvalue weighted by molar-refractivity contribution is 0.0698. The summed E-state index contributed by atoms with van der Waals surface area (Å²) in [4.78, 5) is 28.2. The molecule has 0 aliphatic carbocycles. The SMILES string of the molecule is CN(C(=O)c1cncc(F)c1)c1ccc(N)cc1C(=O)O. The van der Waals surface area contributed by atoms with Gasteiger partial charge in [-0.25, -0.2) is 9.18 Å². The van der Waals surface area contributed by atoms with Crippen molar-refractivity contribution >= 4 is 23.3 Å². The van der Waals surface area contributed by atoms with Crippen LogP contribution < -0.4 is 10.6 Å². The number of hydrogen-bond donors (Lipinski definition) is 2. The first-order valence-corrected chi connectivity index (χ1v) is 5.91. The standard InChI is InChI=1S/C14H12FN3O3/c1-18(13(19)8-4-9(15)7-17-6-8)12-3-2-10(16)5-11(12)14(20)21/h2-7H,16H2,1H3,(H,20,21). The van der Waals surface area contributed by atoms with Crippen LogP contribution in [0.2, 0.25) is 0 Å². The van der Waals surface area contributed by atoms with Crippen molar-refractivity contribution in [2.24, 2.45) is 0 Å². The molecule has 0 saturated heterocycles. The number of amides is 1. The molecular formula is C14H12FN3O3. The number of carbonyl (C=O) groups excluding carboxylic acids is 1. The molecule has 1 heterocycles. The van der Waals surface area contributed by atoms with Crippen molar-refractivity contribution in [2.75, 3.05) is 17.7 Å². The molecule has 0 spiro atoms. The molecule has 21 heavy (non-hydrogen) atoms. The largest absolute Gasteiger partial charge is 0.478 e. The van der Waals surface area contributed by atoms with Crippen LogP contribution in [0.3, 0.4) is 0 Å². The minimum atomic E-state index is -1.21. The number of rotatable bonds is 3. The van der Waals surface area contributed by atoms with Crippen molar-refractivity contribution in [1.29, 1.82) is 0 Å². The molecular weight excluding hydrogens is 277 g/mol. The van der Waals surface area contributed by atoms with E-state index in [4.69, 9.17) is 10.8 Å². The van der Waals surface area contributed by atoms with Crippen LogP contribution in [0, 0.1) is 5.82 Å². The van der Waals surface area contributed by atoms with Gasteiger partial charge in [0.05, 0.1) is 23.0 Å². The average molecular weight is 289 g/mol. The maximum Gasteiger partial charge on any atom is 0.337 e. The number of aromatic nitrogens is 1. The molecule has 108 valence electrons. The van der Waals surface area contributed by atoms with Crippen molar-refractivity contribution in [3.8, 4) is 0 Å². The van der Waals surface area contributed by atoms with Crippen molar-refractivity contribution < 1.29 is 19.1 Å². The topological polar surface area (TPSA) is 96.5 Å². The Morgan fingerprint density at radius 3 is 2.62 bits per heavy atom. The summed E-state index contributed by atoms with van der Waals surface area (Å²) >= 11 is 0. The molecule has 0 atom stereocenters. The first-order valence-electron chi connectivity index (χ1n) is 5.91. The minimum Gasteiger partial charge on any atom is -0.478 e. The number of nitrogens with two attached hydrogens (primary N) is 1. The smallest absolute Gasteiger partial charge is 0.337 e. The summed E-state index contributed by atoms with van der Waals surface area (Å²) < 4.78 is 13.1. The van der Waals surface area contributed by atoms with E-state index < -0.39 is 17.7 Å². The summed E-state index contributed by atoms with van der Waals surface area (Å²) in [6.45, 7) is 0. The predicted octanol–water partition coefficient (Wildman–Crippen LogP) is 1.78. The first kappa shape index (κ1) is 14.4. The van der Waals surface area contributed by atoms with Gasteiger partial charge in [0.1, 0.15) is 5.82 Å². The van der Waals surface area contributed by atoms with Gasteiger partial charge in [0.15, 0.2) is 0 Å². The highest BCUT2D eigenvalue weighted by Gasteiger charge is 2.20. The second kappa shape index (κ2) is 5.58. The molecule has 0 aliphatic rings. The van der Waals surface area contributed by atoms with Gasteiger partial charge < -0.3 is 15.7 Å². The molecule has 0 bridgehead atoms. The molecule has 0 unspecified atom stereocenters. The monoisotopic (exact) mass is 289 g/mol. The third-order valence-corrected chi connectivity index (χ3v) is 2.87. The molecule has 1 amide bonds. The number of halogens is 1. The van der Waals surface area contributed by atoms with E-state index in [0.29, 0.717) is 0 Å². The number of nitrogens with zero attached hydrogens (tertiary/aromatic N) is 2. The highest BCUT2D eigenvalue weighted by Crippen LogP contribution is 2.23. The number of pyridine rings is 1. The Hall–Kier alpha value is -2.96. The number of carboxylic acids is 1. The molecule has 3 N–H and O–H groups in total. The van der Waals surface area contributed by atoms with Gasteiger partial charge >= 0.3 is 5.97 Å². The number of hydrogen-bond acceptors (Lipinski definition) is 4. The van der Waals surface area contributed by atoms with Gasteiger partial charge in [0.2, 0.25) is 0 Å². The quantitative estimate of drug-likeness (QED) is 0.839. The van der Waals surface area contributed by atoms with Gasteiger partial charge in [-0.15, -0.1) is 0 Å². The van der Waals surface area contributed by atoms with Crippen LogP contribution >= 0.6 is 0 Å². The summed E-state index contributed by atoms with van der Waals surface area (Å²) in [5, 5.41) is 9.17. The summed E-state index contributed by atoms with van der Waals surface area (Å²) in [7, 11) is 1.39. The molecule has 2 aromatic rings. The predicted molar refractivity (Wildman–Crippen MR) is 74.7 cm³/mol. The maximum absolute atomic E-state index is 13.1. The highest BCUT2D eigenvalue weighted by atomic mass is 19.1. The van der Waals surface area contributed by atoms with E-state index >= 15 is 0 Å². The Morgan fingerprint density at radius 2 is 2.00 bits per heavy atom. The molecule has 7 heteroatoms. The van der Waals surface area contributed by atoms with Crippen molar-refractivity contribution in [3.05, 3.63) is 53.6 Å². The van der Waals surface area contributed by atoms with Crippen LogP contribution in [0.25, 0.3) is 0 Å². The van der Waals surface area contributed by atoms with E-state index in [9.17, 15) is 14.0 Å². The van der Waals surface area contributed by atoms with E-state index in [2.05, 4.69) is 4.98 Å². The Kier molecular flexibility index (Phi) is 3.84. The minimum absolute atomic E-state index is 0.0191. The number of anilines is 2. The van der Waals surface area contributed by atoms with Crippen LogP contribution in [0.5, 0.6) is 0 Å². The summed E-state index contributed by atoms with van der Waals surface area (Å²) in [6.07, 6.45) is 2.18. The van der Waals surface area contributed by atoms with E-state index in [1.165, 1.54) is 31.4 Å². The Morgan fingerprint density at radius 1 is 1.29 bits per heavy atom.